The van der Waals surface area contributed by atoms with Gasteiger partial charge in [-0.2, -0.15) is 10.2 Å². The van der Waals surface area contributed by atoms with Gasteiger partial charge >= 0.3 is 0 Å². The summed E-state index contributed by atoms with van der Waals surface area (Å²) in [6, 6.07) is 16.8. The number of benzene rings is 2. The quantitative estimate of drug-likeness (QED) is 0.327. The van der Waals surface area contributed by atoms with Gasteiger partial charge in [-0.05, 0) is 80.0 Å². The highest BCUT2D eigenvalue weighted by atomic mass is 19.1. The predicted molar refractivity (Wildman–Crippen MR) is 177 cm³/mol. The van der Waals surface area contributed by atoms with Crippen molar-refractivity contribution in [1.82, 2.24) is 14.8 Å². The van der Waals surface area contributed by atoms with E-state index in [1.54, 1.807) is 0 Å². The van der Waals surface area contributed by atoms with Crippen molar-refractivity contribution in [3.8, 4) is 17.7 Å². The zero-order valence-corrected chi connectivity index (χ0v) is 26.6. The Morgan fingerprint density at radius 1 is 0.957 bits per heavy atom. The maximum atomic E-state index is 13.9. The van der Waals surface area contributed by atoms with E-state index in [4.69, 9.17) is 9.72 Å². The van der Waals surface area contributed by atoms with Crippen molar-refractivity contribution in [3.63, 3.8) is 0 Å². The highest BCUT2D eigenvalue weighted by Crippen LogP contribution is 2.39. The minimum absolute atomic E-state index is 0.103. The zero-order valence-electron chi connectivity index (χ0n) is 26.6. The molecule has 0 saturated carbocycles. The van der Waals surface area contributed by atoms with Crippen molar-refractivity contribution in [3.05, 3.63) is 88.3 Å². The lowest BCUT2D eigenvalue weighted by Gasteiger charge is -2.42. The van der Waals surface area contributed by atoms with E-state index in [1.807, 2.05) is 12.1 Å². The first-order valence-electron chi connectivity index (χ1n) is 16.5. The number of aromatic nitrogens is 1. The lowest BCUT2D eigenvalue weighted by Crippen LogP contribution is -2.55. The van der Waals surface area contributed by atoms with Crippen LogP contribution < -0.4 is 14.5 Å². The summed E-state index contributed by atoms with van der Waals surface area (Å²) in [7, 11) is 2.14. The van der Waals surface area contributed by atoms with Crippen LogP contribution in [0.2, 0.25) is 0 Å². The maximum absolute atomic E-state index is 13.9. The minimum Gasteiger partial charge on any atom is -0.439 e. The normalized spacial score (nSPS) is 19.5. The van der Waals surface area contributed by atoms with E-state index in [1.165, 1.54) is 56.8 Å². The zero-order chi connectivity index (χ0) is 31.8. The number of hydrogen-bond acceptors (Lipinski definition) is 7. The van der Waals surface area contributed by atoms with Gasteiger partial charge in [0.25, 0.3) is 5.91 Å². The molecule has 3 aromatic rings. The Morgan fingerprint density at radius 2 is 1.76 bits per heavy atom. The Labute approximate surface area is 270 Å². The summed E-state index contributed by atoms with van der Waals surface area (Å²) >= 11 is 0. The summed E-state index contributed by atoms with van der Waals surface area (Å²) in [5.74, 6) is 0.482. The van der Waals surface area contributed by atoms with E-state index in [0.29, 0.717) is 19.0 Å². The molecule has 1 aromatic heterocycles. The molecule has 0 spiro atoms. The molecule has 9 heteroatoms. The monoisotopic (exact) mass is 620 g/mol. The van der Waals surface area contributed by atoms with Gasteiger partial charge in [0.1, 0.15) is 11.6 Å². The number of likely N-dealkylation sites (N-methyl/N-ethyl adjacent to an activating group) is 1. The van der Waals surface area contributed by atoms with Gasteiger partial charge in [-0.15, -0.1) is 0 Å². The van der Waals surface area contributed by atoms with Crippen LogP contribution in [0.15, 0.2) is 54.9 Å². The molecule has 0 radical (unpaired) electrons. The average molecular weight is 621 g/mol. The second kappa shape index (κ2) is 12.8. The number of rotatable bonds is 6. The molecule has 1 atom stereocenters. The van der Waals surface area contributed by atoms with Crippen LogP contribution in [-0.2, 0) is 43.6 Å². The largest absolute Gasteiger partial charge is 0.439 e. The van der Waals surface area contributed by atoms with Crippen molar-refractivity contribution in [2.45, 2.75) is 64.1 Å². The molecule has 2 aromatic carbocycles. The van der Waals surface area contributed by atoms with Crippen LogP contribution in [0, 0.1) is 11.3 Å². The van der Waals surface area contributed by atoms with E-state index in [-0.39, 0.29) is 13.0 Å². The van der Waals surface area contributed by atoms with Crippen LogP contribution in [0.5, 0.6) is 11.6 Å². The fourth-order valence-electron chi connectivity index (χ4n) is 7.78. The molecule has 1 saturated heterocycles. The Bertz CT molecular complexity index is 1720. The molecule has 238 valence electrons. The Balaban J connectivity index is 1.25. The Hall–Kier alpha value is -4.42. The van der Waals surface area contributed by atoms with Gasteiger partial charge in [-0.3, -0.25) is 4.79 Å². The molecule has 7 rings (SSSR count). The molecule has 4 aliphatic rings. The van der Waals surface area contributed by atoms with Gasteiger partial charge < -0.3 is 24.3 Å². The molecule has 1 aliphatic carbocycles. The second-order valence-electron chi connectivity index (χ2n) is 13.1. The molecule has 3 aliphatic heterocycles. The Morgan fingerprint density at radius 3 is 2.61 bits per heavy atom. The number of carbonyl (C=O) groups excluding carboxylic acids is 1. The van der Waals surface area contributed by atoms with Crippen molar-refractivity contribution in [2.24, 2.45) is 0 Å². The number of aryl methyl sites for hydroxylation is 1. The van der Waals surface area contributed by atoms with E-state index in [9.17, 15) is 14.4 Å². The number of piperazine rings is 1. The molecule has 0 N–H and O–H groups in total. The molecular weight excluding hydrogens is 579 g/mol. The number of hydrogen-bond donors (Lipinski definition) is 0. The summed E-state index contributed by atoms with van der Waals surface area (Å²) in [5.41, 5.74) is 9.15. The third kappa shape index (κ3) is 5.82. The van der Waals surface area contributed by atoms with Crippen molar-refractivity contribution >= 4 is 17.4 Å². The Kier molecular flexibility index (Phi) is 8.39. The second-order valence-corrected chi connectivity index (χ2v) is 13.1. The van der Waals surface area contributed by atoms with E-state index in [2.05, 4.69) is 64.7 Å². The summed E-state index contributed by atoms with van der Waals surface area (Å²) in [6.45, 7) is 7.85. The number of fused-ring (bicyclic) bond motifs is 3. The standard InChI is InChI=1S/C37H41FN6O2/c1-25(38)37(45)44-20-19-43(24-29(44)13-16-39)36-32-15-18-42(33-11-5-8-26-7-3-4-10-30(26)33)23-28(32)21-35(40-36)46-34-12-6-9-27-22-41(2)17-14-31(27)34/h5-6,8-9,11-12,21,29H,1,3-4,7,10,13-15,17-20,22-24H2,2H3/t29-/m0/s1. The molecule has 1 amide bonds. The van der Waals surface area contributed by atoms with Gasteiger partial charge in [0.15, 0.2) is 5.83 Å². The SMILES string of the molecule is C=C(F)C(=O)N1CCN(c2nc(Oc3cccc4c3CCN(C)C4)cc3c2CCN(c2cccc4c2CCCC4)C3)C[C@@H]1CC#N. The van der Waals surface area contributed by atoms with Crippen molar-refractivity contribution in [1.29, 1.82) is 5.26 Å². The van der Waals surface area contributed by atoms with E-state index >= 15 is 0 Å². The van der Waals surface area contributed by atoms with Crippen LogP contribution in [0.25, 0.3) is 0 Å². The number of carbonyl (C=O) groups is 1. The van der Waals surface area contributed by atoms with Gasteiger partial charge in [-0.1, -0.05) is 30.8 Å². The van der Waals surface area contributed by atoms with Crippen LogP contribution in [0.1, 0.15) is 52.6 Å². The third-order valence-electron chi connectivity index (χ3n) is 10.1. The smallest absolute Gasteiger partial charge is 0.282 e. The van der Waals surface area contributed by atoms with Crippen LogP contribution >= 0.6 is 0 Å². The summed E-state index contributed by atoms with van der Waals surface area (Å²) in [5, 5.41) is 9.58. The molecule has 0 unspecified atom stereocenters. The van der Waals surface area contributed by atoms with Gasteiger partial charge in [0.05, 0.1) is 18.5 Å². The number of nitrogens with zero attached hydrogens (tertiary/aromatic N) is 6. The maximum Gasteiger partial charge on any atom is 0.282 e. The molecule has 1 fully saturated rings. The van der Waals surface area contributed by atoms with Crippen LogP contribution in [0.3, 0.4) is 0 Å². The lowest BCUT2D eigenvalue weighted by atomic mass is 9.89. The topological polar surface area (TPSA) is 75.9 Å². The van der Waals surface area contributed by atoms with E-state index in [0.717, 1.165) is 63.4 Å². The van der Waals surface area contributed by atoms with Gasteiger partial charge in [0, 0.05) is 68.7 Å². The molecule has 46 heavy (non-hydrogen) atoms. The predicted octanol–water partition coefficient (Wildman–Crippen LogP) is 5.72. The van der Waals surface area contributed by atoms with Gasteiger partial charge in [0.2, 0.25) is 5.88 Å². The summed E-state index contributed by atoms with van der Waals surface area (Å²) < 4.78 is 20.6. The van der Waals surface area contributed by atoms with Crippen molar-refractivity contribution < 1.29 is 13.9 Å². The number of ether oxygens (including phenoxy) is 1. The van der Waals surface area contributed by atoms with Crippen LogP contribution in [-0.4, -0.2) is 66.5 Å². The first kappa shape index (κ1) is 30.2. The molecule has 4 heterocycles. The number of nitriles is 1. The average Bonchev–Trinajstić information content (AvgIpc) is 3.07. The molecule has 8 nitrogen and oxygen atoms in total. The minimum atomic E-state index is -0.997. The van der Waals surface area contributed by atoms with Crippen molar-refractivity contribution in [2.75, 3.05) is 49.6 Å². The fraction of sp³-hybridized carbons (Fsp3) is 0.432. The first-order chi connectivity index (χ1) is 22.4. The first-order valence-corrected chi connectivity index (χ1v) is 16.5. The summed E-state index contributed by atoms with van der Waals surface area (Å²) in [6.07, 6.45) is 6.58. The van der Waals surface area contributed by atoms with Gasteiger partial charge in [-0.25, -0.2) is 4.39 Å². The lowest BCUT2D eigenvalue weighted by molar-refractivity contribution is -0.131. The number of pyridine rings is 1. The number of amides is 1. The van der Waals surface area contributed by atoms with E-state index < -0.39 is 17.8 Å². The number of anilines is 2. The fourth-order valence-corrected chi connectivity index (χ4v) is 7.78. The van der Waals surface area contributed by atoms with Crippen LogP contribution in [0.4, 0.5) is 15.9 Å². The molecule has 0 bridgehead atoms. The molecular formula is C37H41FN6O2. The summed E-state index contributed by atoms with van der Waals surface area (Å²) in [4.78, 5) is 26.2. The number of halogens is 1. The third-order valence-corrected chi connectivity index (χ3v) is 10.1. The highest BCUT2D eigenvalue weighted by Gasteiger charge is 2.35. The highest BCUT2D eigenvalue weighted by molar-refractivity contribution is 5.91.